The standard InChI is InChI=1S/C22H21ClN2O4/c1-27-21-13-15(12-16(14-24)22(26)25-17-7-8-17)6-9-20(21)29-11-10-28-19-5-3-2-4-18(19)23/h2-6,9,12-13,17H,7-8,10-11H2,1H3,(H,25,26)/b16-12+. The van der Waals surface area contributed by atoms with Gasteiger partial charge in [0.05, 0.1) is 12.1 Å². The molecule has 1 aliphatic rings. The average Bonchev–Trinajstić information content (AvgIpc) is 3.55. The third kappa shape index (κ3) is 5.90. The molecule has 3 rings (SSSR count). The van der Waals surface area contributed by atoms with Crippen molar-refractivity contribution in [2.75, 3.05) is 20.3 Å². The Bertz CT molecular complexity index is 948. The number of halogens is 1. The molecule has 1 fully saturated rings. The summed E-state index contributed by atoms with van der Waals surface area (Å²) in [5.74, 6) is 1.27. The summed E-state index contributed by atoms with van der Waals surface area (Å²) in [6, 6.07) is 14.6. The molecule has 150 valence electrons. The summed E-state index contributed by atoms with van der Waals surface area (Å²) < 4.78 is 16.7. The van der Waals surface area contributed by atoms with Crippen LogP contribution < -0.4 is 19.5 Å². The molecule has 1 aliphatic carbocycles. The molecule has 0 saturated heterocycles. The molecule has 0 aromatic heterocycles. The molecule has 1 saturated carbocycles. The summed E-state index contributed by atoms with van der Waals surface area (Å²) in [6.07, 6.45) is 3.46. The van der Waals surface area contributed by atoms with Crippen LogP contribution in [0.5, 0.6) is 17.2 Å². The molecule has 0 heterocycles. The Morgan fingerprint density at radius 3 is 2.55 bits per heavy atom. The van der Waals surface area contributed by atoms with Crippen molar-refractivity contribution in [1.82, 2.24) is 5.32 Å². The summed E-state index contributed by atoms with van der Waals surface area (Å²) >= 11 is 6.05. The van der Waals surface area contributed by atoms with E-state index in [-0.39, 0.29) is 17.5 Å². The number of nitriles is 1. The predicted molar refractivity (Wildman–Crippen MR) is 110 cm³/mol. The summed E-state index contributed by atoms with van der Waals surface area (Å²) in [7, 11) is 1.53. The van der Waals surface area contributed by atoms with E-state index in [4.69, 9.17) is 25.8 Å². The molecule has 7 heteroatoms. The number of carbonyl (C=O) groups is 1. The Balaban J connectivity index is 1.60. The van der Waals surface area contributed by atoms with E-state index in [9.17, 15) is 10.1 Å². The number of rotatable bonds is 9. The molecule has 0 unspecified atom stereocenters. The van der Waals surface area contributed by atoms with Gasteiger partial charge >= 0.3 is 0 Å². The number of hydrogen-bond acceptors (Lipinski definition) is 5. The number of nitrogens with zero attached hydrogens (tertiary/aromatic N) is 1. The quantitative estimate of drug-likeness (QED) is 0.382. The van der Waals surface area contributed by atoms with Gasteiger partial charge in [0.15, 0.2) is 11.5 Å². The molecule has 29 heavy (non-hydrogen) atoms. The Kier molecular flexibility index (Phi) is 6.99. The van der Waals surface area contributed by atoms with Crippen LogP contribution in [0.2, 0.25) is 5.02 Å². The summed E-state index contributed by atoms with van der Waals surface area (Å²) in [5.41, 5.74) is 0.727. The maximum Gasteiger partial charge on any atom is 0.262 e. The van der Waals surface area contributed by atoms with Crippen LogP contribution in [0.3, 0.4) is 0 Å². The van der Waals surface area contributed by atoms with Gasteiger partial charge in [-0.25, -0.2) is 0 Å². The molecular formula is C22H21ClN2O4. The van der Waals surface area contributed by atoms with E-state index < -0.39 is 0 Å². The van der Waals surface area contributed by atoms with Gasteiger partial charge in [0, 0.05) is 6.04 Å². The van der Waals surface area contributed by atoms with Crippen LogP contribution in [0, 0.1) is 11.3 Å². The highest BCUT2D eigenvalue weighted by molar-refractivity contribution is 6.32. The average molecular weight is 413 g/mol. The van der Waals surface area contributed by atoms with Crippen molar-refractivity contribution in [3.05, 3.63) is 58.6 Å². The molecular weight excluding hydrogens is 392 g/mol. The zero-order chi connectivity index (χ0) is 20.6. The lowest BCUT2D eigenvalue weighted by molar-refractivity contribution is -0.117. The van der Waals surface area contributed by atoms with Gasteiger partial charge in [0.2, 0.25) is 0 Å². The molecule has 1 N–H and O–H groups in total. The second kappa shape index (κ2) is 9.85. The smallest absolute Gasteiger partial charge is 0.262 e. The number of benzene rings is 2. The highest BCUT2D eigenvalue weighted by Crippen LogP contribution is 2.29. The van der Waals surface area contributed by atoms with Gasteiger partial charge in [-0.3, -0.25) is 4.79 Å². The van der Waals surface area contributed by atoms with Crippen molar-refractivity contribution in [2.24, 2.45) is 0 Å². The molecule has 0 radical (unpaired) electrons. The molecule has 0 aliphatic heterocycles. The van der Waals surface area contributed by atoms with E-state index in [0.717, 1.165) is 12.8 Å². The van der Waals surface area contributed by atoms with E-state index in [1.54, 1.807) is 30.3 Å². The fourth-order valence-corrected chi connectivity index (χ4v) is 2.75. The fraction of sp³-hybridized carbons (Fsp3) is 0.273. The van der Waals surface area contributed by atoms with E-state index >= 15 is 0 Å². The molecule has 2 aromatic carbocycles. The predicted octanol–water partition coefficient (Wildman–Crippen LogP) is 3.99. The summed E-state index contributed by atoms with van der Waals surface area (Å²) in [4.78, 5) is 12.1. The van der Waals surface area contributed by atoms with Crippen molar-refractivity contribution in [3.8, 4) is 23.3 Å². The van der Waals surface area contributed by atoms with Crippen LogP contribution >= 0.6 is 11.6 Å². The molecule has 0 bridgehead atoms. The number of hydrogen-bond donors (Lipinski definition) is 1. The second-order valence-electron chi connectivity index (χ2n) is 6.46. The minimum Gasteiger partial charge on any atom is -0.493 e. The highest BCUT2D eigenvalue weighted by atomic mass is 35.5. The molecule has 2 aromatic rings. The first kappa shape index (κ1) is 20.6. The number of carbonyl (C=O) groups excluding carboxylic acids is 1. The fourth-order valence-electron chi connectivity index (χ4n) is 2.56. The Morgan fingerprint density at radius 2 is 1.90 bits per heavy atom. The minimum absolute atomic E-state index is 0.0563. The summed E-state index contributed by atoms with van der Waals surface area (Å²) in [6.45, 7) is 0.610. The second-order valence-corrected chi connectivity index (χ2v) is 6.86. The van der Waals surface area contributed by atoms with Gasteiger partial charge in [-0.05, 0) is 48.7 Å². The number of ether oxygens (including phenoxy) is 3. The molecule has 6 nitrogen and oxygen atoms in total. The van der Waals surface area contributed by atoms with Crippen molar-refractivity contribution in [2.45, 2.75) is 18.9 Å². The van der Waals surface area contributed by atoms with Crippen LogP contribution in [0.4, 0.5) is 0 Å². The third-order valence-corrected chi connectivity index (χ3v) is 4.52. The molecule has 0 spiro atoms. The van der Waals surface area contributed by atoms with Crippen LogP contribution in [-0.4, -0.2) is 32.3 Å². The maximum absolute atomic E-state index is 12.1. The lowest BCUT2D eigenvalue weighted by Crippen LogP contribution is -2.26. The topological polar surface area (TPSA) is 80.6 Å². The first-order chi connectivity index (χ1) is 14.1. The minimum atomic E-state index is -0.356. The number of para-hydroxylation sites is 1. The van der Waals surface area contributed by atoms with Gasteiger partial charge in [-0.2, -0.15) is 5.26 Å². The maximum atomic E-state index is 12.1. The molecule has 1 amide bonds. The van der Waals surface area contributed by atoms with E-state index in [2.05, 4.69) is 5.32 Å². The van der Waals surface area contributed by atoms with E-state index in [1.807, 2.05) is 18.2 Å². The summed E-state index contributed by atoms with van der Waals surface area (Å²) in [5, 5.41) is 12.6. The van der Waals surface area contributed by atoms with Crippen molar-refractivity contribution in [1.29, 1.82) is 5.26 Å². The third-order valence-electron chi connectivity index (χ3n) is 4.21. The zero-order valence-electron chi connectivity index (χ0n) is 16.0. The van der Waals surface area contributed by atoms with Crippen LogP contribution in [0.15, 0.2) is 48.0 Å². The lowest BCUT2D eigenvalue weighted by atomic mass is 10.1. The number of amides is 1. The number of methoxy groups -OCH3 is 1. The lowest BCUT2D eigenvalue weighted by Gasteiger charge is -2.12. The Morgan fingerprint density at radius 1 is 1.17 bits per heavy atom. The first-order valence-electron chi connectivity index (χ1n) is 9.21. The van der Waals surface area contributed by atoms with Crippen molar-refractivity contribution < 1.29 is 19.0 Å². The van der Waals surface area contributed by atoms with Gasteiger partial charge in [-0.1, -0.05) is 29.8 Å². The largest absolute Gasteiger partial charge is 0.493 e. The number of nitrogens with one attached hydrogen (secondary N) is 1. The Labute approximate surface area is 174 Å². The van der Waals surface area contributed by atoms with Crippen LogP contribution in [0.1, 0.15) is 18.4 Å². The Hall–Kier alpha value is -3.17. The molecule has 0 atom stereocenters. The van der Waals surface area contributed by atoms with Crippen LogP contribution in [0.25, 0.3) is 6.08 Å². The SMILES string of the molecule is COc1cc(/C=C(\C#N)C(=O)NC2CC2)ccc1OCCOc1ccccc1Cl. The normalized spacial score (nSPS) is 13.3. The van der Waals surface area contributed by atoms with E-state index in [0.29, 0.717) is 41.0 Å². The first-order valence-corrected chi connectivity index (χ1v) is 9.59. The van der Waals surface area contributed by atoms with Crippen LogP contribution in [-0.2, 0) is 4.79 Å². The zero-order valence-corrected chi connectivity index (χ0v) is 16.7. The van der Waals surface area contributed by atoms with Crippen molar-refractivity contribution in [3.63, 3.8) is 0 Å². The van der Waals surface area contributed by atoms with Gasteiger partial charge in [0.25, 0.3) is 5.91 Å². The van der Waals surface area contributed by atoms with E-state index in [1.165, 1.54) is 13.2 Å². The van der Waals surface area contributed by atoms with Crippen molar-refractivity contribution >= 4 is 23.6 Å². The van der Waals surface area contributed by atoms with Gasteiger partial charge < -0.3 is 19.5 Å². The monoisotopic (exact) mass is 412 g/mol. The van der Waals surface area contributed by atoms with Gasteiger partial charge in [0.1, 0.15) is 30.6 Å². The van der Waals surface area contributed by atoms with Gasteiger partial charge in [-0.15, -0.1) is 0 Å². The highest BCUT2D eigenvalue weighted by Gasteiger charge is 2.24.